The van der Waals surface area contributed by atoms with Gasteiger partial charge in [-0.2, -0.15) is 4.42 Å². The number of urea groups is 1. The number of hydrogen-bond donors (Lipinski definition) is 1. The van der Waals surface area contributed by atoms with Gasteiger partial charge in [-0.3, -0.25) is 4.79 Å². The predicted octanol–water partition coefficient (Wildman–Crippen LogP) is 1.96. The third-order valence-electron chi connectivity index (χ3n) is 2.81. The van der Waals surface area contributed by atoms with Crippen LogP contribution in [0.25, 0.3) is 0 Å². The zero-order valence-corrected chi connectivity index (χ0v) is 11.6. The van der Waals surface area contributed by atoms with Crippen LogP contribution >= 0.6 is 23.4 Å². The van der Waals surface area contributed by atoms with Gasteiger partial charge in [0.2, 0.25) is 0 Å². The van der Waals surface area contributed by atoms with Crippen molar-refractivity contribution in [2.24, 2.45) is 0 Å². The van der Waals surface area contributed by atoms with Crippen molar-refractivity contribution in [3.63, 3.8) is 0 Å². The fourth-order valence-corrected chi connectivity index (χ4v) is 2.20. The van der Waals surface area contributed by atoms with Gasteiger partial charge >= 0.3 is 6.03 Å². The van der Waals surface area contributed by atoms with E-state index in [0.717, 1.165) is 0 Å². The molecule has 1 heterocycles. The first-order chi connectivity index (χ1) is 9.09. The maximum atomic E-state index is 12.1. The lowest BCUT2D eigenvalue weighted by Gasteiger charge is -2.29. The molecule has 7 heteroatoms. The van der Waals surface area contributed by atoms with Crippen molar-refractivity contribution in [1.82, 2.24) is 14.6 Å². The zero-order chi connectivity index (χ0) is 13.8. The summed E-state index contributed by atoms with van der Waals surface area (Å²) < 4.78 is 0.608. The van der Waals surface area contributed by atoms with Crippen molar-refractivity contribution < 1.29 is 9.59 Å². The molecule has 0 spiro atoms. The monoisotopic (exact) mass is 301 g/mol. The molecule has 3 amide bonds. The molecule has 1 N–H and O–H groups in total. The van der Waals surface area contributed by atoms with Crippen molar-refractivity contribution in [2.45, 2.75) is 0 Å². The van der Waals surface area contributed by atoms with Gasteiger partial charge in [-0.1, -0.05) is 17.7 Å². The first-order valence-corrected chi connectivity index (χ1v) is 6.56. The second-order valence-corrected chi connectivity index (χ2v) is 4.89. The summed E-state index contributed by atoms with van der Waals surface area (Å²) >= 11 is 11.6. The third-order valence-corrected chi connectivity index (χ3v) is 3.34. The van der Waals surface area contributed by atoms with Gasteiger partial charge < -0.3 is 10.2 Å². The molecule has 1 fully saturated rings. The molecule has 102 valence electrons. The number of nitrogens with one attached hydrogen (secondary N) is 1. The first kappa shape index (κ1) is 14.1. The van der Waals surface area contributed by atoms with E-state index in [2.05, 4.69) is 5.32 Å². The summed E-state index contributed by atoms with van der Waals surface area (Å²) in [6, 6.07) is 5.82. The van der Waals surface area contributed by atoms with Crippen LogP contribution in [0.4, 0.5) is 4.79 Å². The summed E-state index contributed by atoms with van der Waals surface area (Å²) in [5.74, 6) is -0.576. The minimum atomic E-state index is -0.576. The summed E-state index contributed by atoms with van der Waals surface area (Å²) in [4.78, 5) is 25.6. The summed E-state index contributed by atoms with van der Waals surface area (Å²) in [5, 5.41) is 3.54. The third kappa shape index (κ3) is 3.37. The lowest BCUT2D eigenvalue weighted by atomic mass is 10.2. The molecule has 0 bridgehead atoms. The van der Waals surface area contributed by atoms with Crippen LogP contribution in [0.15, 0.2) is 24.3 Å². The molecular formula is C12H13Cl2N3O2. The Hall–Kier alpha value is -1.30. The molecule has 0 saturated carbocycles. The van der Waals surface area contributed by atoms with E-state index < -0.39 is 11.9 Å². The Balaban J connectivity index is 2.08. The van der Waals surface area contributed by atoms with Crippen LogP contribution in [-0.4, -0.2) is 47.4 Å². The van der Waals surface area contributed by atoms with E-state index >= 15 is 0 Å². The summed E-state index contributed by atoms with van der Waals surface area (Å²) in [5.41, 5.74) is 0.283. The number of amides is 3. The molecule has 19 heavy (non-hydrogen) atoms. The molecule has 0 unspecified atom stereocenters. The maximum absolute atomic E-state index is 12.1. The van der Waals surface area contributed by atoms with Crippen LogP contribution in [0.5, 0.6) is 0 Å². The fraction of sp³-hybridized carbons (Fsp3) is 0.333. The SMILES string of the molecule is O=C(c1cccc(Cl)c1)N(Cl)C(=O)N1CCNCC1. The molecule has 1 aliphatic rings. The number of carbonyl (C=O) groups excluding carboxylic acids is 2. The van der Waals surface area contributed by atoms with Crippen LogP contribution in [0.2, 0.25) is 5.02 Å². The van der Waals surface area contributed by atoms with Gasteiger partial charge in [0.15, 0.2) is 0 Å². The average molecular weight is 302 g/mol. The highest BCUT2D eigenvalue weighted by Gasteiger charge is 2.27. The number of nitrogens with zero attached hydrogens (tertiary/aromatic N) is 2. The van der Waals surface area contributed by atoms with E-state index in [9.17, 15) is 9.59 Å². The lowest BCUT2D eigenvalue weighted by Crippen LogP contribution is -2.50. The number of halogens is 2. The molecule has 1 aliphatic heterocycles. The van der Waals surface area contributed by atoms with Crippen molar-refractivity contribution in [2.75, 3.05) is 26.2 Å². The number of benzene rings is 1. The normalized spacial score (nSPS) is 15.2. The number of hydrogen-bond acceptors (Lipinski definition) is 3. The predicted molar refractivity (Wildman–Crippen MR) is 73.3 cm³/mol. The molecule has 1 aromatic carbocycles. The van der Waals surface area contributed by atoms with E-state index in [1.54, 1.807) is 18.2 Å². The Morgan fingerprint density at radius 1 is 1.26 bits per heavy atom. The minimum Gasteiger partial charge on any atom is -0.321 e. The molecule has 1 saturated heterocycles. The number of carbonyl (C=O) groups is 2. The molecule has 2 rings (SSSR count). The highest BCUT2D eigenvalue weighted by atomic mass is 35.5. The highest BCUT2D eigenvalue weighted by Crippen LogP contribution is 2.15. The summed E-state index contributed by atoms with van der Waals surface area (Å²) in [6.45, 7) is 2.46. The topological polar surface area (TPSA) is 52.7 Å². The van der Waals surface area contributed by atoms with Gasteiger partial charge in [0.05, 0.1) is 0 Å². The van der Waals surface area contributed by atoms with Gasteiger partial charge in [-0.05, 0) is 18.2 Å². The molecule has 1 aromatic rings. The van der Waals surface area contributed by atoms with E-state index in [1.165, 1.54) is 11.0 Å². The highest BCUT2D eigenvalue weighted by molar-refractivity contribution is 6.33. The van der Waals surface area contributed by atoms with Crippen LogP contribution in [0, 0.1) is 0 Å². The Labute approximate surface area is 121 Å². The summed E-state index contributed by atoms with van der Waals surface area (Å²) in [6.07, 6.45) is 0. The molecule has 0 radical (unpaired) electrons. The Morgan fingerprint density at radius 2 is 1.95 bits per heavy atom. The second kappa shape index (κ2) is 6.23. The fourth-order valence-electron chi connectivity index (χ4n) is 1.80. The summed E-state index contributed by atoms with van der Waals surface area (Å²) in [7, 11) is 0. The van der Waals surface area contributed by atoms with E-state index in [-0.39, 0.29) is 5.56 Å². The maximum Gasteiger partial charge on any atom is 0.342 e. The van der Waals surface area contributed by atoms with Crippen molar-refractivity contribution >= 4 is 35.3 Å². The van der Waals surface area contributed by atoms with Crippen LogP contribution in [0.3, 0.4) is 0 Å². The lowest BCUT2D eigenvalue weighted by molar-refractivity contribution is 0.0857. The van der Waals surface area contributed by atoms with E-state index in [1.807, 2.05) is 0 Å². The largest absolute Gasteiger partial charge is 0.342 e. The standard InChI is InChI=1S/C12H13Cl2N3O2/c13-10-3-1-2-9(8-10)11(18)17(14)12(19)16-6-4-15-5-7-16/h1-3,8,15H,4-7H2. The molecule has 0 aromatic heterocycles. The van der Waals surface area contributed by atoms with Crippen molar-refractivity contribution in [3.8, 4) is 0 Å². The number of piperazine rings is 1. The van der Waals surface area contributed by atoms with Gasteiger partial charge in [0.1, 0.15) is 0 Å². The molecular weight excluding hydrogens is 289 g/mol. The molecule has 0 atom stereocenters. The van der Waals surface area contributed by atoms with Gasteiger partial charge in [0.25, 0.3) is 5.91 Å². The van der Waals surface area contributed by atoms with Gasteiger partial charge in [0, 0.05) is 48.5 Å². The molecule has 0 aliphatic carbocycles. The first-order valence-electron chi connectivity index (χ1n) is 5.85. The average Bonchev–Trinajstić information content (AvgIpc) is 2.46. The van der Waals surface area contributed by atoms with Gasteiger partial charge in [-0.25, -0.2) is 4.79 Å². The van der Waals surface area contributed by atoms with Crippen molar-refractivity contribution in [1.29, 1.82) is 0 Å². The Morgan fingerprint density at radius 3 is 2.58 bits per heavy atom. The smallest absolute Gasteiger partial charge is 0.321 e. The minimum absolute atomic E-state index is 0.283. The Kier molecular flexibility index (Phi) is 4.63. The van der Waals surface area contributed by atoms with Crippen LogP contribution in [0.1, 0.15) is 10.4 Å². The number of rotatable bonds is 1. The molecule has 5 nitrogen and oxygen atoms in total. The second-order valence-electron chi connectivity index (χ2n) is 4.12. The van der Waals surface area contributed by atoms with E-state index in [4.69, 9.17) is 23.4 Å². The quantitative estimate of drug-likeness (QED) is 0.807. The van der Waals surface area contributed by atoms with E-state index in [0.29, 0.717) is 35.6 Å². The zero-order valence-electron chi connectivity index (χ0n) is 10.1. The number of imide groups is 1. The van der Waals surface area contributed by atoms with Crippen molar-refractivity contribution in [3.05, 3.63) is 34.9 Å². The Bertz CT molecular complexity index is 490. The van der Waals surface area contributed by atoms with Crippen LogP contribution in [-0.2, 0) is 0 Å². The van der Waals surface area contributed by atoms with Crippen LogP contribution < -0.4 is 5.32 Å². The van der Waals surface area contributed by atoms with Gasteiger partial charge in [-0.15, -0.1) is 0 Å².